The highest BCUT2D eigenvalue weighted by Gasteiger charge is 2.42. The van der Waals surface area contributed by atoms with Crippen molar-refractivity contribution < 1.29 is 86.6 Å². The van der Waals surface area contributed by atoms with Crippen molar-refractivity contribution in [3.63, 3.8) is 0 Å². The molecule has 0 radical (unpaired) electrons. The van der Waals surface area contributed by atoms with Crippen molar-refractivity contribution in [2.75, 3.05) is 26.4 Å². The van der Waals surface area contributed by atoms with E-state index >= 15 is 0 Å². The number of benzene rings is 8. The Bertz CT molecular complexity index is 3100. The summed E-state index contributed by atoms with van der Waals surface area (Å²) >= 11 is 0. The number of ketones is 1. The summed E-state index contributed by atoms with van der Waals surface area (Å²) in [6.07, 6.45) is 0. The van der Waals surface area contributed by atoms with Gasteiger partial charge in [-0.25, -0.2) is 26.3 Å². The average Bonchev–Trinajstić information content (AvgIpc) is 4.15. The first-order valence-corrected chi connectivity index (χ1v) is 22.1. The first kappa shape index (κ1) is 49.4. The van der Waals surface area contributed by atoms with Crippen molar-refractivity contribution in [1.82, 2.24) is 0 Å². The van der Waals surface area contributed by atoms with Gasteiger partial charge < -0.3 is 37.9 Å². The second kappa shape index (κ2) is 20.0. The minimum atomic E-state index is -2.30. The van der Waals surface area contributed by atoms with Gasteiger partial charge in [0.1, 0.15) is 34.5 Å². The van der Waals surface area contributed by atoms with Gasteiger partial charge in [0.25, 0.3) is 0 Å². The van der Waals surface area contributed by atoms with Crippen LogP contribution >= 0.6 is 0 Å². The Kier molecular flexibility index (Phi) is 13.3. The Morgan fingerprint density at radius 1 is 0.297 bits per heavy atom. The van der Waals surface area contributed by atoms with Crippen molar-refractivity contribution in [3.05, 3.63) is 237 Å². The van der Waals surface area contributed by atoms with Gasteiger partial charge in [-0.2, -0.15) is 17.6 Å². The standard InChI is InChI=1S/C55H32F10O9/c56-41-43(58)47(62)52(48(63)44(41)59)73-39-21-9-33(10-22-39)54(67-25-26-68-54)31-5-17-37(18-6-31)71-35-13-1-29(2-14-35)51(66)30-3-15-36(16-4-30)72-38-19-7-32(8-20-38)55(69-27-28-70-55)34-11-23-40(24-12-34)74-53-49(64)45(60)42(57)46(61)50(53)65/h1-24H,25-28H2. The summed E-state index contributed by atoms with van der Waals surface area (Å²) < 4.78 is 185. The summed E-state index contributed by atoms with van der Waals surface area (Å²) in [7, 11) is 0. The van der Waals surface area contributed by atoms with Crippen LogP contribution in [0.4, 0.5) is 43.9 Å². The zero-order valence-electron chi connectivity index (χ0n) is 37.6. The maximum absolute atomic E-state index is 14.2. The molecular formula is C55H32F10O9. The Balaban J connectivity index is 0.752. The first-order chi connectivity index (χ1) is 35.7. The SMILES string of the molecule is O=C(c1ccc(Oc2ccc(C3(c4ccc(Oc5c(F)c(F)c(F)c(F)c5F)cc4)OCCO3)cc2)cc1)c1ccc(Oc2ccc(C3(c4ccc(Oc5c(F)c(F)c(F)c(F)c5F)cc4)OCCO3)cc2)cc1. The number of carbonyl (C=O) groups is 1. The van der Waals surface area contributed by atoms with Gasteiger partial charge in [-0.1, -0.05) is 0 Å². The number of ether oxygens (including phenoxy) is 8. The van der Waals surface area contributed by atoms with Gasteiger partial charge in [0, 0.05) is 33.4 Å². The van der Waals surface area contributed by atoms with Gasteiger partial charge in [0.2, 0.25) is 81.2 Å². The number of halogens is 10. The van der Waals surface area contributed by atoms with Crippen LogP contribution in [0, 0.1) is 58.2 Å². The normalized spacial score (nSPS) is 14.7. The van der Waals surface area contributed by atoms with Crippen LogP contribution in [-0.4, -0.2) is 32.2 Å². The van der Waals surface area contributed by atoms with Gasteiger partial charge in [-0.05, 0) is 146 Å². The van der Waals surface area contributed by atoms with Crippen molar-refractivity contribution >= 4 is 5.78 Å². The molecule has 2 aliphatic heterocycles. The Hall–Kier alpha value is -8.23. The molecule has 0 saturated carbocycles. The molecule has 2 fully saturated rings. The van der Waals surface area contributed by atoms with Gasteiger partial charge >= 0.3 is 0 Å². The third-order valence-electron chi connectivity index (χ3n) is 11.8. The second-order valence-corrected chi connectivity index (χ2v) is 16.3. The Morgan fingerprint density at radius 2 is 0.500 bits per heavy atom. The molecule has 2 saturated heterocycles. The van der Waals surface area contributed by atoms with Crippen LogP contribution in [0.15, 0.2) is 146 Å². The van der Waals surface area contributed by atoms with Crippen LogP contribution in [-0.2, 0) is 30.5 Å². The van der Waals surface area contributed by atoms with Crippen LogP contribution in [0.1, 0.15) is 38.2 Å². The number of rotatable bonds is 14. The lowest BCUT2D eigenvalue weighted by atomic mass is 9.97. The van der Waals surface area contributed by atoms with Crippen molar-refractivity contribution in [3.8, 4) is 46.0 Å². The fourth-order valence-electron chi connectivity index (χ4n) is 8.17. The minimum absolute atomic E-state index is 0.216. The van der Waals surface area contributed by atoms with E-state index < -0.39 is 81.2 Å². The van der Waals surface area contributed by atoms with E-state index in [1.807, 2.05) is 0 Å². The largest absolute Gasteiger partial charge is 0.457 e. The molecule has 0 unspecified atom stereocenters. The van der Waals surface area contributed by atoms with E-state index in [9.17, 15) is 48.7 Å². The van der Waals surface area contributed by atoms with E-state index in [-0.39, 0.29) is 43.7 Å². The Labute approximate surface area is 412 Å². The maximum Gasteiger partial charge on any atom is 0.222 e. The zero-order chi connectivity index (χ0) is 51.9. The predicted octanol–water partition coefficient (Wildman–Crippen LogP) is 14.0. The molecule has 376 valence electrons. The predicted molar refractivity (Wildman–Crippen MR) is 240 cm³/mol. The molecule has 10 rings (SSSR count). The fourth-order valence-corrected chi connectivity index (χ4v) is 8.17. The summed E-state index contributed by atoms with van der Waals surface area (Å²) in [6.45, 7) is 0.866. The lowest BCUT2D eigenvalue weighted by Crippen LogP contribution is -2.28. The van der Waals surface area contributed by atoms with Gasteiger partial charge in [-0.3, -0.25) is 4.79 Å². The van der Waals surface area contributed by atoms with Crippen LogP contribution in [0.25, 0.3) is 0 Å². The highest BCUT2D eigenvalue weighted by molar-refractivity contribution is 6.09. The van der Waals surface area contributed by atoms with Gasteiger partial charge in [0.05, 0.1) is 26.4 Å². The summed E-state index contributed by atoms with van der Waals surface area (Å²) in [6, 6.07) is 37.3. The number of hydrogen-bond donors (Lipinski definition) is 0. The molecule has 0 aromatic heterocycles. The molecule has 74 heavy (non-hydrogen) atoms. The smallest absolute Gasteiger partial charge is 0.222 e. The summed E-state index contributed by atoms with van der Waals surface area (Å²) in [4.78, 5) is 13.5. The first-order valence-electron chi connectivity index (χ1n) is 22.1. The molecule has 2 aliphatic rings. The third-order valence-corrected chi connectivity index (χ3v) is 11.8. The highest BCUT2D eigenvalue weighted by atomic mass is 19.2. The van der Waals surface area contributed by atoms with E-state index in [1.54, 1.807) is 97.1 Å². The fraction of sp³-hybridized carbons (Fsp3) is 0.109. The number of carbonyl (C=O) groups excluding carboxylic acids is 1. The average molecular weight is 1030 g/mol. The maximum atomic E-state index is 14.2. The zero-order valence-corrected chi connectivity index (χ0v) is 37.6. The van der Waals surface area contributed by atoms with E-state index in [2.05, 4.69) is 0 Å². The second-order valence-electron chi connectivity index (χ2n) is 16.3. The summed E-state index contributed by atoms with van der Waals surface area (Å²) in [5.41, 5.74) is 2.74. The third kappa shape index (κ3) is 9.14. The van der Waals surface area contributed by atoms with Gasteiger partial charge in [-0.15, -0.1) is 0 Å². The molecule has 0 aliphatic carbocycles. The van der Waals surface area contributed by atoms with Gasteiger partial charge in [0.15, 0.2) is 5.78 Å². The topological polar surface area (TPSA) is 90.9 Å². The Morgan fingerprint density at radius 3 is 0.743 bits per heavy atom. The number of hydrogen-bond acceptors (Lipinski definition) is 9. The monoisotopic (exact) mass is 1030 g/mol. The molecule has 8 aromatic rings. The van der Waals surface area contributed by atoms with Crippen LogP contribution in [0.5, 0.6) is 46.0 Å². The van der Waals surface area contributed by atoms with Crippen LogP contribution < -0.4 is 18.9 Å². The summed E-state index contributed by atoms with van der Waals surface area (Å²) in [5, 5.41) is 0. The van der Waals surface area contributed by atoms with Crippen molar-refractivity contribution in [1.29, 1.82) is 0 Å². The van der Waals surface area contributed by atoms with E-state index in [4.69, 9.17) is 37.9 Å². The minimum Gasteiger partial charge on any atom is -0.457 e. The van der Waals surface area contributed by atoms with Crippen LogP contribution in [0.2, 0.25) is 0 Å². The summed E-state index contributed by atoms with van der Waals surface area (Å²) in [5.74, 6) is -26.3. The van der Waals surface area contributed by atoms with Crippen molar-refractivity contribution in [2.45, 2.75) is 11.6 Å². The molecule has 0 atom stereocenters. The lowest BCUT2D eigenvalue weighted by Gasteiger charge is -2.28. The van der Waals surface area contributed by atoms with Crippen LogP contribution in [0.3, 0.4) is 0 Å². The molecule has 19 heteroatoms. The molecule has 2 heterocycles. The van der Waals surface area contributed by atoms with E-state index in [1.165, 1.54) is 48.5 Å². The highest BCUT2D eigenvalue weighted by Crippen LogP contribution is 2.43. The molecule has 0 N–H and O–H groups in total. The molecule has 8 aromatic carbocycles. The molecule has 9 nitrogen and oxygen atoms in total. The molecular weight excluding hydrogens is 995 g/mol. The van der Waals surface area contributed by atoms with Crippen molar-refractivity contribution in [2.24, 2.45) is 0 Å². The molecule has 0 amide bonds. The molecule has 0 spiro atoms. The quantitative estimate of drug-likeness (QED) is 0.0457. The van der Waals surface area contributed by atoms with E-state index in [0.717, 1.165) is 0 Å². The lowest BCUT2D eigenvalue weighted by molar-refractivity contribution is -0.130. The van der Waals surface area contributed by atoms with E-state index in [0.29, 0.717) is 56.4 Å². The molecule has 0 bridgehead atoms.